The molecule has 0 saturated heterocycles. The quantitative estimate of drug-likeness (QED) is 0.825. The van der Waals surface area contributed by atoms with Gasteiger partial charge in [0.25, 0.3) is 0 Å². The van der Waals surface area contributed by atoms with E-state index >= 15 is 0 Å². The van der Waals surface area contributed by atoms with Crippen molar-refractivity contribution < 1.29 is 0 Å². The van der Waals surface area contributed by atoms with Crippen LogP contribution in [0.15, 0.2) is 54.8 Å². The van der Waals surface area contributed by atoms with Gasteiger partial charge in [-0.1, -0.05) is 36.4 Å². The van der Waals surface area contributed by atoms with Gasteiger partial charge in [-0.25, -0.2) is 9.67 Å². The molecular formula is C17H17N3. The highest BCUT2D eigenvalue weighted by Gasteiger charge is 2.11. The molecule has 2 aromatic heterocycles. The van der Waals surface area contributed by atoms with Crippen LogP contribution in [0.1, 0.15) is 23.4 Å². The van der Waals surface area contributed by atoms with E-state index in [-0.39, 0.29) is 0 Å². The zero-order valence-electron chi connectivity index (χ0n) is 11.7. The second-order valence-corrected chi connectivity index (χ2v) is 4.96. The Labute approximate surface area is 119 Å². The van der Waals surface area contributed by atoms with E-state index in [1.807, 2.05) is 30.8 Å². The van der Waals surface area contributed by atoms with Crippen molar-refractivity contribution in [2.75, 3.05) is 0 Å². The maximum absolute atomic E-state index is 4.57. The van der Waals surface area contributed by atoms with Crippen LogP contribution in [-0.4, -0.2) is 14.8 Å². The summed E-state index contributed by atoms with van der Waals surface area (Å²) in [5.41, 5.74) is 4.36. The van der Waals surface area contributed by atoms with Crippen LogP contribution >= 0.6 is 0 Å². The van der Waals surface area contributed by atoms with Crippen LogP contribution in [0, 0.1) is 13.8 Å². The van der Waals surface area contributed by atoms with E-state index < -0.39 is 0 Å². The summed E-state index contributed by atoms with van der Waals surface area (Å²) in [5, 5.41) is 4.57. The predicted molar refractivity (Wildman–Crippen MR) is 81.7 cm³/mol. The number of aromatic nitrogens is 3. The van der Waals surface area contributed by atoms with Gasteiger partial charge in [-0.05, 0) is 38.0 Å². The summed E-state index contributed by atoms with van der Waals surface area (Å²) < 4.78 is 1.91. The van der Waals surface area contributed by atoms with Crippen molar-refractivity contribution in [1.82, 2.24) is 14.8 Å². The maximum Gasteiger partial charge on any atom is 0.153 e. The Hall–Kier alpha value is -2.42. The molecule has 0 radical (unpaired) electrons. The monoisotopic (exact) mass is 263 g/mol. The molecular weight excluding hydrogens is 246 g/mol. The number of hydrogen-bond donors (Lipinski definition) is 0. The third-order valence-electron chi connectivity index (χ3n) is 3.22. The number of allylic oxidation sites excluding steroid dienone is 6. The molecule has 0 aliphatic heterocycles. The molecule has 2 heterocycles. The summed E-state index contributed by atoms with van der Waals surface area (Å²) in [7, 11) is 0. The van der Waals surface area contributed by atoms with E-state index in [1.165, 1.54) is 0 Å². The van der Waals surface area contributed by atoms with Crippen LogP contribution in [0.4, 0.5) is 0 Å². The van der Waals surface area contributed by atoms with Crippen molar-refractivity contribution >= 4 is 5.57 Å². The third-order valence-corrected chi connectivity index (χ3v) is 3.22. The van der Waals surface area contributed by atoms with Gasteiger partial charge in [-0.2, -0.15) is 5.10 Å². The lowest BCUT2D eigenvalue weighted by molar-refractivity contribution is 0.821. The number of pyridine rings is 1. The molecule has 0 saturated carbocycles. The molecule has 3 heteroatoms. The third kappa shape index (κ3) is 2.48. The van der Waals surface area contributed by atoms with Gasteiger partial charge in [-0.15, -0.1) is 0 Å². The largest absolute Gasteiger partial charge is 0.237 e. The molecule has 0 fully saturated rings. The first-order valence-corrected chi connectivity index (χ1v) is 6.77. The van der Waals surface area contributed by atoms with E-state index in [4.69, 9.17) is 0 Å². The lowest BCUT2D eigenvalue weighted by Crippen LogP contribution is -2.03. The molecule has 3 rings (SSSR count). The average Bonchev–Trinajstić information content (AvgIpc) is 2.66. The zero-order valence-corrected chi connectivity index (χ0v) is 11.7. The van der Waals surface area contributed by atoms with Crippen molar-refractivity contribution in [2.45, 2.75) is 20.3 Å². The second-order valence-electron chi connectivity index (χ2n) is 4.96. The van der Waals surface area contributed by atoms with Gasteiger partial charge in [0, 0.05) is 11.8 Å². The molecule has 2 aromatic rings. The highest BCUT2D eigenvalue weighted by atomic mass is 15.3. The number of aryl methyl sites for hydroxylation is 2. The summed E-state index contributed by atoms with van der Waals surface area (Å²) >= 11 is 0. The minimum atomic E-state index is 0.848. The van der Waals surface area contributed by atoms with Crippen molar-refractivity contribution in [3.05, 3.63) is 71.7 Å². The van der Waals surface area contributed by atoms with Gasteiger partial charge in [0.2, 0.25) is 0 Å². The molecule has 20 heavy (non-hydrogen) atoms. The second kappa shape index (κ2) is 5.29. The minimum absolute atomic E-state index is 0.848. The van der Waals surface area contributed by atoms with Crippen molar-refractivity contribution in [2.24, 2.45) is 0 Å². The first-order valence-electron chi connectivity index (χ1n) is 6.77. The summed E-state index contributed by atoms with van der Waals surface area (Å²) in [6.07, 6.45) is 13.5. The summed E-state index contributed by atoms with van der Waals surface area (Å²) in [4.78, 5) is 4.47. The van der Waals surface area contributed by atoms with Crippen LogP contribution in [0.25, 0.3) is 11.4 Å². The van der Waals surface area contributed by atoms with Crippen LogP contribution < -0.4 is 0 Å². The molecule has 100 valence electrons. The first kappa shape index (κ1) is 12.6. The number of hydrogen-bond acceptors (Lipinski definition) is 2. The molecule has 1 aliphatic rings. The average molecular weight is 263 g/mol. The smallest absolute Gasteiger partial charge is 0.153 e. The van der Waals surface area contributed by atoms with E-state index in [0.29, 0.717) is 0 Å². The Balaban J connectivity index is 2.10. The normalized spacial score (nSPS) is 14.2. The van der Waals surface area contributed by atoms with E-state index in [2.05, 4.69) is 52.6 Å². The van der Waals surface area contributed by atoms with Crippen LogP contribution in [0.3, 0.4) is 0 Å². The fraction of sp³-hybridized carbons (Fsp3) is 0.176. The lowest BCUT2D eigenvalue weighted by atomic mass is 10.1. The molecule has 0 atom stereocenters. The molecule has 0 bridgehead atoms. The Morgan fingerprint density at radius 3 is 2.85 bits per heavy atom. The Morgan fingerprint density at radius 1 is 1.15 bits per heavy atom. The van der Waals surface area contributed by atoms with Crippen LogP contribution in [-0.2, 0) is 0 Å². The van der Waals surface area contributed by atoms with Gasteiger partial charge < -0.3 is 0 Å². The Bertz CT molecular complexity index is 700. The van der Waals surface area contributed by atoms with E-state index in [9.17, 15) is 0 Å². The molecule has 0 spiro atoms. The fourth-order valence-corrected chi connectivity index (χ4v) is 2.22. The molecule has 0 N–H and O–H groups in total. The van der Waals surface area contributed by atoms with Gasteiger partial charge >= 0.3 is 0 Å². The van der Waals surface area contributed by atoms with E-state index in [1.54, 1.807) is 0 Å². The number of nitrogens with zero attached hydrogens (tertiary/aromatic N) is 3. The fourth-order valence-electron chi connectivity index (χ4n) is 2.22. The minimum Gasteiger partial charge on any atom is -0.237 e. The number of rotatable bonds is 2. The standard InChI is InChI=1S/C17H17N3/c1-13-9-10-17(18-12-13)20-16(11-14(2)19-20)15-7-5-3-4-6-8-15/h3,5-12H,4H2,1-2H3. The summed E-state index contributed by atoms with van der Waals surface area (Å²) in [5.74, 6) is 0.848. The first-order chi connectivity index (χ1) is 9.74. The lowest BCUT2D eigenvalue weighted by Gasteiger charge is -2.07. The predicted octanol–water partition coefficient (Wildman–Crippen LogP) is 3.78. The highest BCUT2D eigenvalue weighted by molar-refractivity contribution is 5.74. The summed E-state index contributed by atoms with van der Waals surface area (Å²) in [6, 6.07) is 6.15. The zero-order chi connectivity index (χ0) is 13.9. The Kier molecular flexibility index (Phi) is 3.33. The van der Waals surface area contributed by atoms with Crippen molar-refractivity contribution in [3.8, 4) is 5.82 Å². The van der Waals surface area contributed by atoms with Crippen molar-refractivity contribution in [1.29, 1.82) is 0 Å². The molecule has 3 nitrogen and oxygen atoms in total. The highest BCUT2D eigenvalue weighted by Crippen LogP contribution is 2.22. The SMILES string of the molecule is Cc1ccc(-n2nc(C)cc2C2=CC=CCC=C2)nc1. The van der Waals surface area contributed by atoms with Gasteiger partial charge in [0.15, 0.2) is 5.82 Å². The Morgan fingerprint density at radius 2 is 2.05 bits per heavy atom. The molecule has 0 unspecified atom stereocenters. The molecule has 0 aromatic carbocycles. The van der Waals surface area contributed by atoms with Gasteiger partial charge in [0.05, 0.1) is 11.4 Å². The topological polar surface area (TPSA) is 30.7 Å². The van der Waals surface area contributed by atoms with Crippen molar-refractivity contribution in [3.63, 3.8) is 0 Å². The summed E-state index contributed by atoms with van der Waals surface area (Å²) in [6.45, 7) is 4.04. The van der Waals surface area contributed by atoms with Crippen LogP contribution in [0.5, 0.6) is 0 Å². The van der Waals surface area contributed by atoms with E-state index in [0.717, 1.165) is 34.8 Å². The van der Waals surface area contributed by atoms with Gasteiger partial charge in [-0.3, -0.25) is 0 Å². The van der Waals surface area contributed by atoms with Gasteiger partial charge in [0.1, 0.15) is 0 Å². The van der Waals surface area contributed by atoms with Crippen LogP contribution in [0.2, 0.25) is 0 Å². The molecule has 0 amide bonds. The molecule has 1 aliphatic carbocycles. The maximum atomic E-state index is 4.57.